The van der Waals surface area contributed by atoms with Crippen LogP contribution in [0, 0.1) is 6.92 Å². The van der Waals surface area contributed by atoms with Crippen LogP contribution in [-0.2, 0) is 6.54 Å². The molecule has 18 heavy (non-hydrogen) atoms. The Morgan fingerprint density at radius 3 is 3.06 bits per heavy atom. The lowest BCUT2D eigenvalue weighted by molar-refractivity contribution is 0.284. The van der Waals surface area contributed by atoms with E-state index in [2.05, 4.69) is 26.1 Å². The predicted octanol–water partition coefficient (Wildman–Crippen LogP) is 1.76. The largest absolute Gasteiger partial charge is 0.424 e. The van der Waals surface area contributed by atoms with Crippen molar-refractivity contribution in [2.75, 3.05) is 13.1 Å². The molecule has 3 rings (SSSR count). The van der Waals surface area contributed by atoms with Gasteiger partial charge < -0.3 is 4.42 Å². The first-order chi connectivity index (χ1) is 8.81. The second-order valence-corrected chi connectivity index (χ2v) is 4.69. The van der Waals surface area contributed by atoms with Crippen LogP contribution in [0.2, 0.25) is 0 Å². The average molecular weight is 244 g/mol. The molecule has 0 aliphatic carbocycles. The lowest BCUT2D eigenvalue weighted by atomic mass is 10.0. The fourth-order valence-corrected chi connectivity index (χ4v) is 2.43. The summed E-state index contributed by atoms with van der Waals surface area (Å²) in [7, 11) is 0. The average Bonchev–Trinajstić information content (AvgIpc) is 3.01. The van der Waals surface area contributed by atoms with Crippen LogP contribution in [-0.4, -0.2) is 33.2 Å². The topological polar surface area (TPSA) is 55.1 Å². The fraction of sp³-hybridized carbons (Fsp3) is 0.462. The Balaban J connectivity index is 1.62. The van der Waals surface area contributed by atoms with E-state index in [4.69, 9.17) is 4.42 Å². The Labute approximate surface area is 106 Å². The van der Waals surface area contributed by atoms with Gasteiger partial charge in [0.2, 0.25) is 11.8 Å². The maximum absolute atomic E-state index is 5.41. The normalized spacial score (nSPS) is 20.4. The van der Waals surface area contributed by atoms with Gasteiger partial charge in [-0.3, -0.25) is 9.88 Å². The summed E-state index contributed by atoms with van der Waals surface area (Å²) in [6.07, 6.45) is 3.00. The monoisotopic (exact) mass is 244 g/mol. The van der Waals surface area contributed by atoms with Gasteiger partial charge in [0, 0.05) is 31.3 Å². The Morgan fingerprint density at radius 2 is 2.33 bits per heavy atom. The summed E-state index contributed by atoms with van der Waals surface area (Å²) >= 11 is 0. The summed E-state index contributed by atoms with van der Waals surface area (Å²) in [4.78, 5) is 6.77. The standard InChI is InChI=1S/C13H16N4O/c1-10-15-16-13(18-10)9-17-7-5-11(8-17)12-4-2-3-6-14-12/h2-4,6,11H,5,7-9H2,1H3. The molecule has 0 N–H and O–H groups in total. The molecule has 0 bridgehead atoms. The van der Waals surface area contributed by atoms with E-state index in [0.717, 1.165) is 26.1 Å². The molecule has 94 valence electrons. The second kappa shape index (κ2) is 4.86. The minimum atomic E-state index is 0.523. The van der Waals surface area contributed by atoms with Crippen molar-refractivity contribution < 1.29 is 4.42 Å². The van der Waals surface area contributed by atoms with Gasteiger partial charge in [0.05, 0.1) is 6.54 Å². The van der Waals surface area contributed by atoms with Gasteiger partial charge in [-0.15, -0.1) is 10.2 Å². The van der Waals surface area contributed by atoms with Crippen molar-refractivity contribution in [1.82, 2.24) is 20.1 Å². The molecule has 2 aromatic rings. The number of pyridine rings is 1. The maximum atomic E-state index is 5.41. The van der Waals surface area contributed by atoms with Gasteiger partial charge in [-0.25, -0.2) is 0 Å². The first-order valence-corrected chi connectivity index (χ1v) is 6.23. The van der Waals surface area contributed by atoms with Gasteiger partial charge in [-0.2, -0.15) is 0 Å². The third-order valence-corrected chi connectivity index (χ3v) is 3.31. The highest BCUT2D eigenvalue weighted by molar-refractivity contribution is 5.11. The Hall–Kier alpha value is -1.75. The van der Waals surface area contributed by atoms with E-state index in [1.165, 1.54) is 5.69 Å². The molecule has 1 fully saturated rings. The molecule has 2 aromatic heterocycles. The van der Waals surface area contributed by atoms with Crippen LogP contribution < -0.4 is 0 Å². The quantitative estimate of drug-likeness (QED) is 0.823. The molecule has 1 atom stereocenters. The van der Waals surface area contributed by atoms with Crippen molar-refractivity contribution >= 4 is 0 Å². The van der Waals surface area contributed by atoms with Crippen molar-refractivity contribution in [2.45, 2.75) is 25.8 Å². The summed E-state index contributed by atoms with van der Waals surface area (Å²) in [6.45, 7) is 4.63. The summed E-state index contributed by atoms with van der Waals surface area (Å²) in [5.41, 5.74) is 1.18. The lowest BCUT2D eigenvalue weighted by Crippen LogP contribution is -2.20. The minimum absolute atomic E-state index is 0.523. The lowest BCUT2D eigenvalue weighted by Gasteiger charge is -2.13. The van der Waals surface area contributed by atoms with Crippen molar-refractivity contribution in [2.24, 2.45) is 0 Å². The minimum Gasteiger partial charge on any atom is -0.424 e. The van der Waals surface area contributed by atoms with Gasteiger partial charge in [0.25, 0.3) is 0 Å². The van der Waals surface area contributed by atoms with Crippen LogP contribution in [0.4, 0.5) is 0 Å². The molecule has 3 heterocycles. The Morgan fingerprint density at radius 1 is 1.39 bits per heavy atom. The molecule has 1 aliphatic rings. The summed E-state index contributed by atoms with van der Waals surface area (Å²) in [5.74, 6) is 1.86. The number of rotatable bonds is 3. The predicted molar refractivity (Wildman–Crippen MR) is 65.9 cm³/mol. The number of hydrogen-bond donors (Lipinski definition) is 0. The Kier molecular flexibility index (Phi) is 3.06. The van der Waals surface area contributed by atoms with Crippen LogP contribution in [0.25, 0.3) is 0 Å². The molecule has 0 saturated carbocycles. The van der Waals surface area contributed by atoms with Gasteiger partial charge >= 0.3 is 0 Å². The molecule has 0 spiro atoms. The molecule has 1 saturated heterocycles. The van der Waals surface area contributed by atoms with Crippen molar-refractivity contribution in [3.63, 3.8) is 0 Å². The van der Waals surface area contributed by atoms with Crippen LogP contribution in [0.15, 0.2) is 28.8 Å². The molecular weight excluding hydrogens is 228 g/mol. The van der Waals surface area contributed by atoms with E-state index in [1.54, 1.807) is 0 Å². The van der Waals surface area contributed by atoms with Crippen LogP contribution in [0.5, 0.6) is 0 Å². The van der Waals surface area contributed by atoms with Crippen LogP contribution >= 0.6 is 0 Å². The highest BCUT2D eigenvalue weighted by Gasteiger charge is 2.25. The third kappa shape index (κ3) is 2.41. The van der Waals surface area contributed by atoms with E-state index in [0.29, 0.717) is 17.7 Å². The summed E-state index contributed by atoms with van der Waals surface area (Å²) in [6, 6.07) is 6.11. The molecule has 0 radical (unpaired) electrons. The first-order valence-electron chi connectivity index (χ1n) is 6.23. The Bertz CT molecular complexity index is 511. The highest BCUT2D eigenvalue weighted by atomic mass is 16.4. The number of aryl methyl sites for hydroxylation is 1. The van der Waals surface area contributed by atoms with Crippen molar-refractivity contribution in [1.29, 1.82) is 0 Å². The number of nitrogens with zero attached hydrogens (tertiary/aromatic N) is 4. The zero-order valence-electron chi connectivity index (χ0n) is 10.4. The van der Waals surface area contributed by atoms with Gasteiger partial charge in [-0.05, 0) is 25.1 Å². The van der Waals surface area contributed by atoms with Gasteiger partial charge in [-0.1, -0.05) is 6.07 Å². The second-order valence-electron chi connectivity index (χ2n) is 4.69. The smallest absolute Gasteiger partial charge is 0.230 e. The van der Waals surface area contributed by atoms with Crippen molar-refractivity contribution in [3.05, 3.63) is 41.9 Å². The molecule has 0 aromatic carbocycles. The van der Waals surface area contributed by atoms with E-state index < -0.39 is 0 Å². The van der Waals surface area contributed by atoms with E-state index in [9.17, 15) is 0 Å². The van der Waals surface area contributed by atoms with Crippen molar-refractivity contribution in [3.8, 4) is 0 Å². The number of likely N-dealkylation sites (tertiary alicyclic amines) is 1. The highest BCUT2D eigenvalue weighted by Crippen LogP contribution is 2.26. The molecule has 1 aliphatic heterocycles. The van der Waals surface area contributed by atoms with E-state index >= 15 is 0 Å². The SMILES string of the molecule is Cc1nnc(CN2CCC(c3ccccn3)C2)o1. The molecule has 0 amide bonds. The first kappa shape index (κ1) is 11.3. The molecule has 5 heteroatoms. The number of hydrogen-bond acceptors (Lipinski definition) is 5. The van der Waals surface area contributed by atoms with Gasteiger partial charge in [0.1, 0.15) is 0 Å². The zero-order valence-corrected chi connectivity index (χ0v) is 10.4. The third-order valence-electron chi connectivity index (χ3n) is 3.31. The van der Waals surface area contributed by atoms with E-state index in [1.807, 2.05) is 25.3 Å². The molecule has 5 nitrogen and oxygen atoms in total. The van der Waals surface area contributed by atoms with Gasteiger partial charge in [0.15, 0.2) is 0 Å². The van der Waals surface area contributed by atoms with Crippen LogP contribution in [0.3, 0.4) is 0 Å². The summed E-state index contributed by atoms with van der Waals surface area (Å²) < 4.78 is 5.41. The number of aromatic nitrogens is 3. The zero-order chi connectivity index (χ0) is 12.4. The fourth-order valence-electron chi connectivity index (χ4n) is 2.43. The maximum Gasteiger partial charge on any atom is 0.230 e. The molecular formula is C13H16N4O. The van der Waals surface area contributed by atoms with Crippen LogP contribution in [0.1, 0.15) is 29.8 Å². The summed E-state index contributed by atoms with van der Waals surface area (Å²) in [5, 5.41) is 7.88. The van der Waals surface area contributed by atoms with E-state index in [-0.39, 0.29) is 0 Å². The molecule has 1 unspecified atom stereocenters.